The molecule has 1 aliphatic rings. The van der Waals surface area contributed by atoms with Crippen LogP contribution in [0.15, 0.2) is 24.4 Å². The number of aliphatic hydroxyl groups is 1. The minimum atomic E-state index is -4.75. The zero-order valence-corrected chi connectivity index (χ0v) is 11.4. The molecular weight excluding hydrogens is 302 g/mol. The van der Waals surface area contributed by atoms with E-state index in [0.717, 1.165) is 12.1 Å². The van der Waals surface area contributed by atoms with Crippen molar-refractivity contribution in [2.24, 2.45) is 0 Å². The molecule has 8 heteroatoms. The number of aromatic nitrogens is 2. The van der Waals surface area contributed by atoms with Gasteiger partial charge < -0.3 is 15.0 Å². The molecule has 0 spiro atoms. The number of fused-ring (bicyclic) bond motifs is 1. The van der Waals surface area contributed by atoms with Crippen LogP contribution in [0, 0.1) is 5.82 Å². The minimum Gasteiger partial charge on any atom is -0.382 e. The van der Waals surface area contributed by atoms with Gasteiger partial charge >= 0.3 is 6.18 Å². The van der Waals surface area contributed by atoms with Crippen molar-refractivity contribution in [2.45, 2.75) is 25.4 Å². The van der Waals surface area contributed by atoms with Crippen molar-refractivity contribution in [3.05, 3.63) is 52.9 Å². The lowest BCUT2D eigenvalue weighted by Gasteiger charge is -2.22. The molecule has 0 fully saturated rings. The van der Waals surface area contributed by atoms with Gasteiger partial charge in [0.15, 0.2) is 0 Å². The Labute approximate surface area is 123 Å². The Morgan fingerprint density at radius 1 is 1.32 bits per heavy atom. The molecule has 1 aromatic carbocycles. The average molecular weight is 315 g/mol. The summed E-state index contributed by atoms with van der Waals surface area (Å²) >= 11 is 0. The zero-order valence-electron chi connectivity index (χ0n) is 11.4. The SMILES string of the molecule is OC(c1ccc(F)cc1C(F)(F)F)c1cnc2n1CCNC2. The fourth-order valence-electron chi connectivity index (χ4n) is 2.61. The van der Waals surface area contributed by atoms with Crippen molar-refractivity contribution >= 4 is 0 Å². The van der Waals surface area contributed by atoms with E-state index in [4.69, 9.17) is 0 Å². The average Bonchev–Trinajstić information content (AvgIpc) is 2.89. The second kappa shape index (κ2) is 5.36. The molecule has 22 heavy (non-hydrogen) atoms. The lowest BCUT2D eigenvalue weighted by Crippen LogP contribution is -2.29. The molecule has 1 atom stereocenters. The number of hydrogen-bond acceptors (Lipinski definition) is 3. The lowest BCUT2D eigenvalue weighted by atomic mass is 9.99. The van der Waals surface area contributed by atoms with Crippen LogP contribution >= 0.6 is 0 Å². The van der Waals surface area contributed by atoms with Crippen LogP contribution < -0.4 is 5.32 Å². The number of imidazole rings is 1. The Bertz CT molecular complexity index is 696. The maximum atomic E-state index is 13.1. The maximum absolute atomic E-state index is 13.1. The summed E-state index contributed by atoms with van der Waals surface area (Å²) in [4.78, 5) is 4.10. The molecule has 0 amide bonds. The third-order valence-electron chi connectivity index (χ3n) is 3.66. The Morgan fingerprint density at radius 3 is 2.82 bits per heavy atom. The molecule has 2 aromatic rings. The van der Waals surface area contributed by atoms with Gasteiger partial charge in [0.05, 0.1) is 24.0 Å². The van der Waals surface area contributed by atoms with Crippen molar-refractivity contribution in [2.75, 3.05) is 6.54 Å². The molecular formula is C14H13F4N3O. The highest BCUT2D eigenvalue weighted by Gasteiger charge is 2.36. The highest BCUT2D eigenvalue weighted by atomic mass is 19.4. The van der Waals surface area contributed by atoms with Gasteiger partial charge in [0.2, 0.25) is 0 Å². The molecule has 3 rings (SSSR count). The summed E-state index contributed by atoms with van der Waals surface area (Å²) in [6.07, 6.45) is -4.90. The van der Waals surface area contributed by atoms with Gasteiger partial charge in [-0.1, -0.05) is 6.07 Å². The number of aliphatic hydroxyl groups excluding tert-OH is 1. The monoisotopic (exact) mass is 315 g/mol. The summed E-state index contributed by atoms with van der Waals surface area (Å²) in [5.41, 5.74) is -1.28. The largest absolute Gasteiger partial charge is 0.416 e. The van der Waals surface area contributed by atoms with Gasteiger partial charge in [-0.15, -0.1) is 0 Å². The molecule has 0 bridgehead atoms. The first-order valence-electron chi connectivity index (χ1n) is 6.67. The predicted octanol–water partition coefficient (Wildman–Crippen LogP) is 2.23. The molecule has 1 aliphatic heterocycles. The van der Waals surface area contributed by atoms with E-state index in [9.17, 15) is 22.7 Å². The van der Waals surface area contributed by atoms with E-state index in [2.05, 4.69) is 10.3 Å². The summed E-state index contributed by atoms with van der Waals surface area (Å²) in [7, 11) is 0. The number of nitrogens with zero attached hydrogens (tertiary/aromatic N) is 2. The summed E-state index contributed by atoms with van der Waals surface area (Å²) in [5, 5.41) is 13.4. The number of rotatable bonds is 2. The van der Waals surface area contributed by atoms with Crippen LogP contribution in [0.5, 0.6) is 0 Å². The zero-order chi connectivity index (χ0) is 15.9. The van der Waals surface area contributed by atoms with E-state index >= 15 is 0 Å². The number of alkyl halides is 3. The summed E-state index contributed by atoms with van der Waals surface area (Å²) in [6.45, 7) is 1.63. The second-order valence-corrected chi connectivity index (χ2v) is 5.06. The molecule has 1 unspecified atom stereocenters. The maximum Gasteiger partial charge on any atom is 0.416 e. The fraction of sp³-hybridized carbons (Fsp3) is 0.357. The van der Waals surface area contributed by atoms with Crippen molar-refractivity contribution in [3.63, 3.8) is 0 Å². The number of nitrogens with one attached hydrogen (secondary N) is 1. The summed E-state index contributed by atoms with van der Waals surface area (Å²) in [5.74, 6) is -0.348. The van der Waals surface area contributed by atoms with Crippen molar-refractivity contribution < 1.29 is 22.7 Å². The Balaban J connectivity index is 2.06. The topological polar surface area (TPSA) is 50.1 Å². The first-order valence-corrected chi connectivity index (χ1v) is 6.67. The fourth-order valence-corrected chi connectivity index (χ4v) is 2.61. The van der Waals surface area contributed by atoms with Crippen LogP contribution in [-0.2, 0) is 19.3 Å². The third-order valence-corrected chi connectivity index (χ3v) is 3.66. The van der Waals surface area contributed by atoms with Gasteiger partial charge in [-0.25, -0.2) is 9.37 Å². The normalized spacial score (nSPS) is 16.4. The smallest absolute Gasteiger partial charge is 0.382 e. The lowest BCUT2D eigenvalue weighted by molar-refractivity contribution is -0.139. The molecule has 0 aliphatic carbocycles. The molecule has 118 valence electrons. The molecule has 2 heterocycles. The van der Waals surface area contributed by atoms with E-state index in [1.165, 1.54) is 6.20 Å². The first kappa shape index (κ1) is 15.0. The Kier molecular flexibility index (Phi) is 3.65. The van der Waals surface area contributed by atoms with Crippen LogP contribution in [-0.4, -0.2) is 21.2 Å². The number of benzene rings is 1. The van der Waals surface area contributed by atoms with Crippen molar-refractivity contribution in [3.8, 4) is 0 Å². The van der Waals surface area contributed by atoms with E-state index in [1.54, 1.807) is 4.57 Å². The summed E-state index contributed by atoms with van der Waals surface area (Å²) in [6, 6.07) is 2.26. The third kappa shape index (κ3) is 2.59. The highest BCUT2D eigenvalue weighted by Crippen LogP contribution is 2.37. The van der Waals surface area contributed by atoms with Crippen LogP contribution in [0.2, 0.25) is 0 Å². The number of hydrogen-bond donors (Lipinski definition) is 2. The second-order valence-electron chi connectivity index (χ2n) is 5.06. The van der Waals surface area contributed by atoms with E-state index in [0.29, 0.717) is 31.5 Å². The molecule has 0 saturated carbocycles. The van der Waals surface area contributed by atoms with Gasteiger partial charge in [0.25, 0.3) is 0 Å². The minimum absolute atomic E-state index is 0.272. The predicted molar refractivity (Wildman–Crippen MR) is 69.4 cm³/mol. The molecule has 1 aromatic heterocycles. The van der Waals surface area contributed by atoms with Gasteiger partial charge in [0, 0.05) is 13.1 Å². The number of halogens is 4. The molecule has 2 N–H and O–H groups in total. The van der Waals surface area contributed by atoms with Gasteiger partial charge in [-0.05, 0) is 17.7 Å². The quantitative estimate of drug-likeness (QED) is 0.836. The van der Waals surface area contributed by atoms with Crippen molar-refractivity contribution in [1.29, 1.82) is 0 Å². The highest BCUT2D eigenvalue weighted by molar-refractivity contribution is 5.36. The van der Waals surface area contributed by atoms with E-state index in [1.807, 2.05) is 0 Å². The van der Waals surface area contributed by atoms with Gasteiger partial charge in [0.1, 0.15) is 17.7 Å². The Morgan fingerprint density at radius 2 is 2.09 bits per heavy atom. The van der Waals surface area contributed by atoms with Crippen molar-refractivity contribution in [1.82, 2.24) is 14.9 Å². The first-order chi connectivity index (χ1) is 10.4. The standard InChI is InChI=1S/C14H13F4N3O/c15-8-1-2-9(10(5-8)14(16,17)18)13(22)11-6-20-12-7-19-3-4-21(11)12/h1-2,5-6,13,19,22H,3-4,7H2. The van der Waals surface area contributed by atoms with Gasteiger partial charge in [-0.2, -0.15) is 13.2 Å². The Hall–Kier alpha value is -1.93. The van der Waals surface area contributed by atoms with Gasteiger partial charge in [-0.3, -0.25) is 0 Å². The van der Waals surface area contributed by atoms with Crippen LogP contribution in [0.4, 0.5) is 17.6 Å². The molecule has 4 nitrogen and oxygen atoms in total. The molecule has 0 radical (unpaired) electrons. The van der Waals surface area contributed by atoms with E-state index < -0.39 is 23.7 Å². The summed E-state index contributed by atoms with van der Waals surface area (Å²) < 4.78 is 54.0. The van der Waals surface area contributed by atoms with Crippen LogP contribution in [0.1, 0.15) is 28.7 Å². The van der Waals surface area contributed by atoms with Crippen LogP contribution in [0.3, 0.4) is 0 Å². The molecule has 0 saturated heterocycles. The van der Waals surface area contributed by atoms with Crippen LogP contribution in [0.25, 0.3) is 0 Å². The van der Waals surface area contributed by atoms with E-state index in [-0.39, 0.29) is 11.3 Å².